The zero-order valence-electron chi connectivity index (χ0n) is 17.0. The molecule has 3 aromatic rings. The largest absolute Gasteiger partial charge is 0.462 e. The van der Waals surface area contributed by atoms with Crippen molar-refractivity contribution in [3.63, 3.8) is 0 Å². The quantitative estimate of drug-likeness (QED) is 0.491. The third-order valence-electron chi connectivity index (χ3n) is 4.49. The lowest BCUT2D eigenvalue weighted by Crippen LogP contribution is -2.17. The van der Waals surface area contributed by atoms with Crippen molar-refractivity contribution in [2.75, 3.05) is 17.7 Å². The van der Waals surface area contributed by atoms with Crippen molar-refractivity contribution in [1.29, 1.82) is 0 Å². The molecule has 0 aromatic carbocycles. The number of nitrogens with zero attached hydrogens (tertiary/aromatic N) is 1. The van der Waals surface area contributed by atoms with E-state index in [2.05, 4.69) is 10.3 Å². The molecule has 3 rings (SSSR count). The fourth-order valence-corrected chi connectivity index (χ4v) is 5.05. The highest BCUT2D eigenvalue weighted by atomic mass is 32.1. The Kier molecular flexibility index (Phi) is 6.09. The normalized spacial score (nSPS) is 11.1. The standard InChI is InChI=1S/C20H22N4O4S2/c1-5-28-20(27)14-9(4)12(16(22)25)19(29-14)24-17(26)15-13(21)10-6-7-11(8(2)3)23-18(10)30-15/h6-8H,5,21H2,1-4H3,(H2,22,25)(H,24,26). The molecule has 0 saturated heterocycles. The number of carbonyl (C=O) groups excluding carboxylic acids is 3. The Morgan fingerprint density at radius 1 is 1.20 bits per heavy atom. The predicted molar refractivity (Wildman–Crippen MR) is 120 cm³/mol. The average Bonchev–Trinajstić information content (AvgIpc) is 3.18. The Hall–Kier alpha value is -2.98. The number of rotatable bonds is 6. The van der Waals surface area contributed by atoms with Crippen molar-refractivity contribution in [3.8, 4) is 0 Å². The maximum Gasteiger partial charge on any atom is 0.348 e. The number of ether oxygens (including phenoxy) is 1. The Bertz CT molecular complexity index is 1160. The molecule has 10 heteroatoms. The summed E-state index contributed by atoms with van der Waals surface area (Å²) in [7, 11) is 0. The van der Waals surface area contributed by atoms with Crippen LogP contribution in [0.1, 0.15) is 67.6 Å². The number of carbonyl (C=O) groups is 3. The van der Waals surface area contributed by atoms with Gasteiger partial charge in [0.25, 0.3) is 11.8 Å². The second-order valence-corrected chi connectivity index (χ2v) is 8.91. The summed E-state index contributed by atoms with van der Waals surface area (Å²) < 4.78 is 5.02. The van der Waals surface area contributed by atoms with Crippen LogP contribution in [-0.2, 0) is 4.74 Å². The van der Waals surface area contributed by atoms with Gasteiger partial charge >= 0.3 is 5.97 Å². The van der Waals surface area contributed by atoms with Crippen LogP contribution in [0.5, 0.6) is 0 Å². The van der Waals surface area contributed by atoms with Crippen LogP contribution in [0.2, 0.25) is 0 Å². The first-order valence-electron chi connectivity index (χ1n) is 9.26. The van der Waals surface area contributed by atoms with Crippen molar-refractivity contribution in [3.05, 3.63) is 38.7 Å². The van der Waals surface area contributed by atoms with Gasteiger partial charge in [-0.2, -0.15) is 0 Å². The number of hydrogen-bond donors (Lipinski definition) is 3. The molecule has 0 unspecified atom stereocenters. The van der Waals surface area contributed by atoms with E-state index in [0.29, 0.717) is 21.5 Å². The van der Waals surface area contributed by atoms with Crippen LogP contribution < -0.4 is 16.8 Å². The minimum Gasteiger partial charge on any atom is -0.462 e. The van der Waals surface area contributed by atoms with Crippen molar-refractivity contribution in [1.82, 2.24) is 4.98 Å². The SMILES string of the molecule is CCOC(=O)c1sc(NC(=O)c2sc3nc(C(C)C)ccc3c2N)c(C(N)=O)c1C. The molecule has 0 atom stereocenters. The Morgan fingerprint density at radius 2 is 1.90 bits per heavy atom. The number of hydrogen-bond acceptors (Lipinski definition) is 8. The molecule has 0 fully saturated rings. The molecular weight excluding hydrogens is 424 g/mol. The van der Waals surface area contributed by atoms with E-state index >= 15 is 0 Å². The molecule has 30 heavy (non-hydrogen) atoms. The maximum atomic E-state index is 12.9. The lowest BCUT2D eigenvalue weighted by molar-refractivity contribution is 0.0531. The summed E-state index contributed by atoms with van der Waals surface area (Å²) in [6.07, 6.45) is 0. The summed E-state index contributed by atoms with van der Waals surface area (Å²) in [5, 5.41) is 3.55. The summed E-state index contributed by atoms with van der Waals surface area (Å²) in [4.78, 5) is 42.8. The van der Waals surface area contributed by atoms with E-state index < -0.39 is 17.8 Å². The first-order chi connectivity index (χ1) is 14.1. The highest BCUT2D eigenvalue weighted by Gasteiger charge is 2.26. The van der Waals surface area contributed by atoms with Gasteiger partial charge in [-0.15, -0.1) is 22.7 Å². The molecule has 3 aromatic heterocycles. The molecule has 0 bridgehead atoms. The lowest BCUT2D eigenvalue weighted by atomic mass is 10.1. The number of thiophene rings is 2. The molecule has 0 aliphatic heterocycles. The van der Waals surface area contributed by atoms with Gasteiger partial charge in [-0.05, 0) is 37.5 Å². The van der Waals surface area contributed by atoms with Gasteiger partial charge in [0.05, 0.1) is 17.9 Å². The van der Waals surface area contributed by atoms with Gasteiger partial charge in [-0.3, -0.25) is 9.59 Å². The molecule has 5 N–H and O–H groups in total. The second-order valence-electron chi connectivity index (χ2n) is 6.89. The van der Waals surface area contributed by atoms with E-state index in [1.807, 2.05) is 26.0 Å². The molecule has 0 saturated carbocycles. The summed E-state index contributed by atoms with van der Waals surface area (Å²) in [6.45, 7) is 7.52. The van der Waals surface area contributed by atoms with E-state index in [-0.39, 0.29) is 32.8 Å². The molecule has 0 aliphatic carbocycles. The summed E-state index contributed by atoms with van der Waals surface area (Å²) in [5.74, 6) is -1.58. The number of fused-ring (bicyclic) bond motifs is 1. The Balaban J connectivity index is 1.99. The van der Waals surface area contributed by atoms with Crippen LogP contribution >= 0.6 is 22.7 Å². The number of nitrogens with one attached hydrogen (secondary N) is 1. The van der Waals surface area contributed by atoms with Crippen molar-refractivity contribution in [2.45, 2.75) is 33.6 Å². The molecule has 8 nitrogen and oxygen atoms in total. The summed E-state index contributed by atoms with van der Waals surface area (Å²) in [5.41, 5.74) is 13.3. The number of pyridine rings is 1. The third kappa shape index (κ3) is 3.88. The number of nitrogens with two attached hydrogens (primary N) is 2. The smallest absolute Gasteiger partial charge is 0.348 e. The van der Waals surface area contributed by atoms with Crippen molar-refractivity contribution in [2.24, 2.45) is 5.73 Å². The summed E-state index contributed by atoms with van der Waals surface area (Å²) in [6, 6.07) is 3.74. The maximum absolute atomic E-state index is 12.9. The van der Waals surface area contributed by atoms with Crippen LogP contribution in [0, 0.1) is 6.92 Å². The number of aromatic nitrogens is 1. The predicted octanol–water partition coefficient (Wildman–Crippen LogP) is 3.90. The minimum absolute atomic E-state index is 0.0799. The number of anilines is 2. The van der Waals surface area contributed by atoms with E-state index in [0.717, 1.165) is 17.0 Å². The Morgan fingerprint density at radius 3 is 2.50 bits per heavy atom. The molecule has 0 spiro atoms. The van der Waals surface area contributed by atoms with Gasteiger partial charge in [0, 0.05) is 11.1 Å². The zero-order valence-corrected chi connectivity index (χ0v) is 18.6. The van der Waals surface area contributed by atoms with Gasteiger partial charge in [0.1, 0.15) is 19.6 Å². The number of nitrogen functional groups attached to an aromatic ring is 1. The van der Waals surface area contributed by atoms with Gasteiger partial charge in [-0.25, -0.2) is 9.78 Å². The molecule has 0 aliphatic rings. The fourth-order valence-electron chi connectivity index (χ4n) is 2.95. The molecule has 3 heterocycles. The highest BCUT2D eigenvalue weighted by Crippen LogP contribution is 2.37. The number of amides is 2. The van der Waals surface area contributed by atoms with E-state index in [9.17, 15) is 14.4 Å². The zero-order chi connectivity index (χ0) is 22.2. The van der Waals surface area contributed by atoms with Crippen molar-refractivity contribution >= 4 is 61.4 Å². The van der Waals surface area contributed by atoms with Gasteiger partial charge in [0.15, 0.2) is 0 Å². The molecule has 158 valence electrons. The monoisotopic (exact) mass is 446 g/mol. The van der Waals surface area contributed by atoms with Crippen LogP contribution in [0.4, 0.5) is 10.7 Å². The molecular formula is C20H22N4O4S2. The molecule has 2 amide bonds. The summed E-state index contributed by atoms with van der Waals surface area (Å²) >= 11 is 2.12. The van der Waals surface area contributed by atoms with E-state index in [1.54, 1.807) is 13.8 Å². The Labute approximate surface area is 181 Å². The first-order valence-corrected chi connectivity index (χ1v) is 10.9. The number of esters is 1. The second kappa shape index (κ2) is 8.41. The van der Waals surface area contributed by atoms with Crippen LogP contribution in [0.3, 0.4) is 0 Å². The number of primary amides is 1. The van der Waals surface area contributed by atoms with Gasteiger partial charge in [-0.1, -0.05) is 13.8 Å². The highest BCUT2D eigenvalue weighted by molar-refractivity contribution is 7.21. The fraction of sp³-hybridized carbons (Fsp3) is 0.300. The average molecular weight is 447 g/mol. The lowest BCUT2D eigenvalue weighted by Gasteiger charge is -2.04. The van der Waals surface area contributed by atoms with Gasteiger partial charge in [0.2, 0.25) is 0 Å². The van der Waals surface area contributed by atoms with Crippen molar-refractivity contribution < 1.29 is 19.1 Å². The minimum atomic E-state index is -0.748. The van der Waals surface area contributed by atoms with Crippen LogP contribution in [-0.4, -0.2) is 29.4 Å². The van der Waals surface area contributed by atoms with Crippen LogP contribution in [0.15, 0.2) is 12.1 Å². The topological polar surface area (TPSA) is 137 Å². The van der Waals surface area contributed by atoms with E-state index in [4.69, 9.17) is 16.2 Å². The van der Waals surface area contributed by atoms with Crippen LogP contribution in [0.25, 0.3) is 10.2 Å². The van der Waals surface area contributed by atoms with E-state index in [1.165, 1.54) is 11.3 Å². The molecule has 0 radical (unpaired) electrons. The van der Waals surface area contributed by atoms with Gasteiger partial charge < -0.3 is 21.5 Å². The third-order valence-corrected chi connectivity index (χ3v) is 6.80. The first kappa shape index (κ1) is 21.7.